The molecular weight excluding hydrogens is 312 g/mol. The standard InChI is InChI=1S/C20H22N4O/c1-11-8-13(25-3)5-6-14(11)18-15(10-21)20(22)23-16-9-12-4-7-17(19(16)18)24(12)2/h5-6,8,12,17H,4,7,9H2,1-3H3,(H2,22,23)/t12-,17+/m0/s1. The zero-order chi connectivity index (χ0) is 17.7. The number of hydrogen-bond acceptors (Lipinski definition) is 5. The molecule has 0 aliphatic carbocycles. The Morgan fingerprint density at radius 3 is 2.84 bits per heavy atom. The smallest absolute Gasteiger partial charge is 0.142 e. The van der Waals surface area contributed by atoms with Crippen molar-refractivity contribution >= 4 is 5.82 Å². The second-order valence-electron chi connectivity index (χ2n) is 7.02. The summed E-state index contributed by atoms with van der Waals surface area (Å²) in [5, 5.41) is 9.78. The van der Waals surface area contributed by atoms with Crippen LogP contribution in [-0.2, 0) is 6.42 Å². The number of aromatic nitrogens is 1. The molecule has 128 valence electrons. The number of ether oxygens (including phenoxy) is 1. The highest BCUT2D eigenvalue weighted by atomic mass is 16.5. The third-order valence-electron chi connectivity index (χ3n) is 5.76. The van der Waals surface area contributed by atoms with Crippen LogP contribution in [0.1, 0.15) is 41.3 Å². The monoisotopic (exact) mass is 334 g/mol. The molecule has 25 heavy (non-hydrogen) atoms. The van der Waals surface area contributed by atoms with Gasteiger partial charge in [-0.05, 0) is 50.1 Å². The van der Waals surface area contributed by atoms with E-state index in [0.29, 0.717) is 23.5 Å². The van der Waals surface area contributed by atoms with Crippen molar-refractivity contribution in [2.45, 2.75) is 38.3 Å². The maximum absolute atomic E-state index is 9.78. The van der Waals surface area contributed by atoms with Crippen LogP contribution in [0.4, 0.5) is 5.82 Å². The third-order valence-corrected chi connectivity index (χ3v) is 5.76. The number of nitriles is 1. The molecule has 2 atom stereocenters. The predicted octanol–water partition coefficient (Wildman–Crippen LogP) is 3.21. The molecule has 0 saturated carbocycles. The van der Waals surface area contributed by atoms with Crippen LogP contribution in [0.2, 0.25) is 0 Å². The summed E-state index contributed by atoms with van der Waals surface area (Å²) >= 11 is 0. The number of anilines is 1. The van der Waals surface area contributed by atoms with E-state index in [0.717, 1.165) is 41.0 Å². The van der Waals surface area contributed by atoms with Crippen LogP contribution >= 0.6 is 0 Å². The molecule has 2 aromatic rings. The van der Waals surface area contributed by atoms with Gasteiger partial charge in [-0.2, -0.15) is 5.26 Å². The fourth-order valence-electron chi connectivity index (χ4n) is 4.45. The highest BCUT2D eigenvalue weighted by Gasteiger charge is 2.41. The average molecular weight is 334 g/mol. The number of nitrogens with zero attached hydrogens (tertiary/aromatic N) is 3. The first-order valence-electron chi connectivity index (χ1n) is 8.64. The minimum absolute atomic E-state index is 0.311. The number of aryl methyl sites for hydroxylation is 1. The van der Waals surface area contributed by atoms with Crippen molar-refractivity contribution in [3.05, 3.63) is 40.6 Å². The summed E-state index contributed by atoms with van der Waals surface area (Å²) in [6.45, 7) is 2.05. The summed E-state index contributed by atoms with van der Waals surface area (Å²) in [4.78, 5) is 7.05. The summed E-state index contributed by atoms with van der Waals surface area (Å²) in [6.07, 6.45) is 3.17. The van der Waals surface area contributed by atoms with Crippen LogP contribution in [0.25, 0.3) is 11.1 Å². The van der Waals surface area contributed by atoms with Gasteiger partial charge in [0.1, 0.15) is 23.2 Å². The van der Waals surface area contributed by atoms with Gasteiger partial charge in [0.15, 0.2) is 0 Å². The molecular formula is C20H22N4O. The number of pyridine rings is 1. The molecule has 1 aromatic heterocycles. The second kappa shape index (κ2) is 5.75. The van der Waals surface area contributed by atoms with E-state index in [-0.39, 0.29) is 0 Å². The number of nitrogen functional groups attached to an aromatic ring is 1. The Labute approximate surface area is 148 Å². The largest absolute Gasteiger partial charge is 0.497 e. The van der Waals surface area contributed by atoms with Gasteiger partial charge >= 0.3 is 0 Å². The SMILES string of the molecule is COc1ccc(-c2c(C#N)c(N)nc3c2[C@H]2CC[C@@H](C3)N2C)c(C)c1. The molecule has 1 saturated heterocycles. The van der Waals surface area contributed by atoms with Crippen molar-refractivity contribution in [2.75, 3.05) is 19.9 Å². The Kier molecular flexibility index (Phi) is 3.66. The van der Waals surface area contributed by atoms with Crippen molar-refractivity contribution in [1.82, 2.24) is 9.88 Å². The second-order valence-corrected chi connectivity index (χ2v) is 7.02. The van der Waals surface area contributed by atoms with Crippen molar-refractivity contribution < 1.29 is 4.74 Å². The van der Waals surface area contributed by atoms with Crippen LogP contribution in [0.3, 0.4) is 0 Å². The van der Waals surface area contributed by atoms with Crippen LogP contribution in [-0.4, -0.2) is 30.1 Å². The Morgan fingerprint density at radius 2 is 2.16 bits per heavy atom. The van der Waals surface area contributed by atoms with E-state index in [2.05, 4.69) is 23.0 Å². The molecule has 1 fully saturated rings. The molecule has 0 unspecified atom stereocenters. The maximum Gasteiger partial charge on any atom is 0.142 e. The lowest BCUT2D eigenvalue weighted by Crippen LogP contribution is -2.35. The van der Waals surface area contributed by atoms with Gasteiger partial charge in [-0.3, -0.25) is 4.90 Å². The van der Waals surface area contributed by atoms with Crippen molar-refractivity contribution in [3.8, 4) is 22.9 Å². The Morgan fingerprint density at radius 1 is 1.36 bits per heavy atom. The zero-order valence-corrected chi connectivity index (χ0v) is 14.8. The lowest BCUT2D eigenvalue weighted by molar-refractivity contribution is 0.222. The normalized spacial score (nSPS) is 21.7. The lowest BCUT2D eigenvalue weighted by Gasteiger charge is -2.34. The van der Waals surface area contributed by atoms with E-state index in [1.54, 1.807) is 7.11 Å². The minimum atomic E-state index is 0.311. The number of likely N-dealkylation sites (N-methyl/N-ethyl adjacent to an activating group) is 1. The number of benzene rings is 1. The lowest BCUT2D eigenvalue weighted by atomic mass is 9.85. The molecule has 2 aliphatic heterocycles. The Balaban J connectivity index is 2.02. The van der Waals surface area contributed by atoms with E-state index >= 15 is 0 Å². The number of nitrogens with two attached hydrogens (primary N) is 1. The van der Waals surface area contributed by atoms with Gasteiger partial charge in [-0.15, -0.1) is 0 Å². The highest BCUT2D eigenvalue weighted by molar-refractivity contribution is 5.82. The highest BCUT2D eigenvalue weighted by Crippen LogP contribution is 2.48. The average Bonchev–Trinajstić information content (AvgIpc) is 2.84. The van der Waals surface area contributed by atoms with Crippen LogP contribution in [0, 0.1) is 18.3 Å². The molecule has 0 amide bonds. The topological polar surface area (TPSA) is 75.2 Å². The first kappa shape index (κ1) is 15.9. The Hall–Kier alpha value is -2.58. The first-order valence-corrected chi connectivity index (χ1v) is 8.64. The van der Waals surface area contributed by atoms with E-state index in [4.69, 9.17) is 10.5 Å². The molecule has 1 aromatic carbocycles. The quantitative estimate of drug-likeness (QED) is 0.913. The van der Waals surface area contributed by atoms with Gasteiger partial charge in [0.2, 0.25) is 0 Å². The summed E-state index contributed by atoms with van der Waals surface area (Å²) in [5.74, 6) is 1.16. The molecule has 2 bridgehead atoms. The van der Waals surface area contributed by atoms with Crippen LogP contribution < -0.4 is 10.5 Å². The summed E-state index contributed by atoms with van der Waals surface area (Å²) in [7, 11) is 3.84. The fourth-order valence-corrected chi connectivity index (χ4v) is 4.45. The van der Waals surface area contributed by atoms with Crippen LogP contribution in [0.5, 0.6) is 5.75 Å². The van der Waals surface area contributed by atoms with Crippen molar-refractivity contribution in [2.24, 2.45) is 0 Å². The fraction of sp³-hybridized carbons (Fsp3) is 0.400. The maximum atomic E-state index is 9.78. The number of fused-ring (bicyclic) bond motifs is 4. The van der Waals surface area contributed by atoms with E-state index in [9.17, 15) is 5.26 Å². The summed E-state index contributed by atoms with van der Waals surface area (Å²) in [5.41, 5.74) is 12.0. The zero-order valence-electron chi connectivity index (χ0n) is 14.8. The predicted molar refractivity (Wildman–Crippen MR) is 97.3 cm³/mol. The first-order chi connectivity index (χ1) is 12.0. The Bertz CT molecular complexity index is 900. The van der Waals surface area contributed by atoms with E-state index in [1.165, 1.54) is 12.0 Å². The van der Waals surface area contributed by atoms with Gasteiger partial charge in [0, 0.05) is 35.3 Å². The van der Waals surface area contributed by atoms with Crippen molar-refractivity contribution in [3.63, 3.8) is 0 Å². The minimum Gasteiger partial charge on any atom is -0.497 e. The van der Waals surface area contributed by atoms with Gasteiger partial charge in [0.25, 0.3) is 0 Å². The van der Waals surface area contributed by atoms with E-state index in [1.807, 2.05) is 25.1 Å². The molecule has 5 heteroatoms. The van der Waals surface area contributed by atoms with Gasteiger partial charge in [0.05, 0.1) is 7.11 Å². The van der Waals surface area contributed by atoms with Crippen molar-refractivity contribution in [1.29, 1.82) is 5.26 Å². The van der Waals surface area contributed by atoms with Crippen LogP contribution in [0.15, 0.2) is 18.2 Å². The molecule has 5 nitrogen and oxygen atoms in total. The summed E-state index contributed by atoms with van der Waals surface area (Å²) in [6, 6.07) is 9.12. The summed E-state index contributed by atoms with van der Waals surface area (Å²) < 4.78 is 5.33. The number of hydrogen-bond donors (Lipinski definition) is 1. The molecule has 0 spiro atoms. The number of rotatable bonds is 2. The third kappa shape index (κ3) is 2.29. The van der Waals surface area contributed by atoms with Gasteiger partial charge < -0.3 is 10.5 Å². The molecule has 4 rings (SSSR count). The van der Waals surface area contributed by atoms with E-state index < -0.39 is 0 Å². The molecule has 2 N–H and O–H groups in total. The number of methoxy groups -OCH3 is 1. The van der Waals surface area contributed by atoms with Gasteiger partial charge in [-0.25, -0.2) is 4.98 Å². The molecule has 2 aliphatic rings. The molecule has 3 heterocycles. The van der Waals surface area contributed by atoms with Gasteiger partial charge in [-0.1, -0.05) is 6.07 Å². The molecule has 0 radical (unpaired) electrons.